The summed E-state index contributed by atoms with van der Waals surface area (Å²) >= 11 is 2.73. The number of carbonyl (C=O) groups excluding carboxylic acids is 4. The van der Waals surface area contributed by atoms with Gasteiger partial charge in [0.2, 0.25) is 5.91 Å². The molecule has 1 aromatic heterocycles. The normalized spacial score (nSPS) is 12.8. The molecule has 0 fully saturated rings. The lowest BCUT2D eigenvalue weighted by Gasteiger charge is -2.27. The van der Waals surface area contributed by atoms with Crippen LogP contribution in [0.4, 0.5) is 10.7 Å². The van der Waals surface area contributed by atoms with E-state index in [0.717, 1.165) is 44.8 Å². The molecule has 2 heterocycles. The van der Waals surface area contributed by atoms with Gasteiger partial charge in [0.25, 0.3) is 11.8 Å². The second-order valence-electron chi connectivity index (χ2n) is 13.1. The van der Waals surface area contributed by atoms with Crippen LogP contribution in [0.1, 0.15) is 49.2 Å². The number of thioether (sulfide) groups is 1. The third kappa shape index (κ3) is 9.43. The number of ether oxygens (including phenoxy) is 1. The number of nitrogens with one attached hydrogen (secondary N) is 3. The van der Waals surface area contributed by atoms with Crippen LogP contribution in [0.2, 0.25) is 0 Å². The standard InChI is InChI=1S/C45H40N4O5S2/c1-2-54-45(53)41-37-23-24-49(27-30-13-5-3-6-14-30)28-39(37)56-44(41)48-40(50)29-55-35-21-12-20-34(26-35)46-43(52)38(47-42(51)32-16-7-4-8-17-32)25-33-19-11-18-31-15-9-10-22-36(31)33/h3-22,25-26H,2,23-24,27-29H2,1H3,(H,46,52)(H,47,51)(H,48,50)/b38-25+. The molecular weight excluding hydrogens is 741 g/mol. The maximum atomic E-state index is 13.8. The van der Waals surface area contributed by atoms with Gasteiger partial charge < -0.3 is 20.7 Å². The first-order chi connectivity index (χ1) is 27.3. The summed E-state index contributed by atoms with van der Waals surface area (Å²) in [7, 11) is 0. The van der Waals surface area contributed by atoms with Gasteiger partial charge in [0.05, 0.1) is 17.9 Å². The van der Waals surface area contributed by atoms with Gasteiger partial charge in [-0.25, -0.2) is 4.79 Å². The van der Waals surface area contributed by atoms with E-state index in [0.29, 0.717) is 34.8 Å². The third-order valence-corrected chi connectivity index (χ3v) is 11.4. The maximum absolute atomic E-state index is 13.8. The van der Waals surface area contributed by atoms with Crippen molar-refractivity contribution >= 4 is 74.3 Å². The summed E-state index contributed by atoms with van der Waals surface area (Å²) < 4.78 is 5.42. The molecular formula is C45H40N4O5S2. The molecule has 0 unspecified atom stereocenters. The molecule has 0 atom stereocenters. The zero-order chi connectivity index (χ0) is 38.9. The van der Waals surface area contributed by atoms with E-state index in [1.165, 1.54) is 28.7 Å². The zero-order valence-corrected chi connectivity index (χ0v) is 32.4. The average Bonchev–Trinajstić information content (AvgIpc) is 3.57. The predicted octanol–water partition coefficient (Wildman–Crippen LogP) is 8.78. The Hall–Kier alpha value is -6.01. The highest BCUT2D eigenvalue weighted by Gasteiger charge is 2.29. The first kappa shape index (κ1) is 38.3. The van der Waals surface area contributed by atoms with Crippen LogP contribution in [0.3, 0.4) is 0 Å². The topological polar surface area (TPSA) is 117 Å². The Morgan fingerprint density at radius 3 is 2.38 bits per heavy atom. The number of anilines is 2. The predicted molar refractivity (Wildman–Crippen MR) is 225 cm³/mol. The highest BCUT2D eigenvalue weighted by Crippen LogP contribution is 2.38. The van der Waals surface area contributed by atoms with Gasteiger partial charge in [-0.3, -0.25) is 19.3 Å². The number of thiophene rings is 1. The van der Waals surface area contributed by atoms with E-state index in [9.17, 15) is 19.2 Å². The maximum Gasteiger partial charge on any atom is 0.341 e. The Labute approximate surface area is 333 Å². The van der Waals surface area contributed by atoms with Gasteiger partial charge in [-0.1, -0.05) is 97.1 Å². The van der Waals surface area contributed by atoms with Crippen LogP contribution in [0, 0.1) is 0 Å². The lowest BCUT2D eigenvalue weighted by atomic mass is 10.0. The molecule has 0 spiro atoms. The van der Waals surface area contributed by atoms with Crippen LogP contribution < -0.4 is 16.0 Å². The molecule has 282 valence electrons. The minimum atomic E-state index is -0.502. The van der Waals surface area contributed by atoms with Crippen LogP contribution in [-0.4, -0.2) is 47.5 Å². The summed E-state index contributed by atoms with van der Waals surface area (Å²) in [5, 5.41) is 11.2. The molecule has 11 heteroatoms. The zero-order valence-electron chi connectivity index (χ0n) is 30.7. The number of nitrogens with zero attached hydrogens (tertiary/aromatic N) is 1. The van der Waals surface area contributed by atoms with E-state index in [4.69, 9.17) is 4.74 Å². The van der Waals surface area contributed by atoms with E-state index in [2.05, 4.69) is 33.0 Å². The fourth-order valence-electron chi connectivity index (χ4n) is 6.59. The monoisotopic (exact) mass is 780 g/mol. The molecule has 0 saturated heterocycles. The summed E-state index contributed by atoms with van der Waals surface area (Å²) in [6, 6.07) is 39.8. The average molecular weight is 781 g/mol. The first-order valence-corrected chi connectivity index (χ1v) is 20.1. The SMILES string of the molecule is CCOC(=O)c1c(NC(=O)CSc2cccc(NC(=O)/C(=C\c3cccc4ccccc34)NC(=O)c3ccccc3)c2)sc2c1CCN(Cc1ccccc1)C2. The van der Waals surface area contributed by atoms with Crippen molar-refractivity contribution in [3.05, 3.63) is 166 Å². The van der Waals surface area contributed by atoms with Gasteiger partial charge >= 0.3 is 5.97 Å². The number of rotatable bonds is 13. The van der Waals surface area contributed by atoms with Crippen molar-refractivity contribution in [1.82, 2.24) is 10.2 Å². The minimum Gasteiger partial charge on any atom is -0.462 e. The van der Waals surface area contributed by atoms with E-state index in [1.54, 1.807) is 55.5 Å². The van der Waals surface area contributed by atoms with Crippen molar-refractivity contribution < 1.29 is 23.9 Å². The van der Waals surface area contributed by atoms with Crippen LogP contribution in [0.15, 0.2) is 138 Å². The summed E-state index contributed by atoms with van der Waals surface area (Å²) in [6.07, 6.45) is 2.36. The highest BCUT2D eigenvalue weighted by molar-refractivity contribution is 8.00. The molecule has 3 amide bonds. The fourth-order valence-corrected chi connectivity index (χ4v) is 8.64. The van der Waals surface area contributed by atoms with Crippen molar-refractivity contribution in [3.8, 4) is 0 Å². The van der Waals surface area contributed by atoms with Gasteiger partial charge in [0.1, 0.15) is 10.7 Å². The quantitative estimate of drug-likeness (QED) is 0.0610. The summed E-state index contributed by atoms with van der Waals surface area (Å²) in [4.78, 5) is 57.7. The number of amides is 3. The van der Waals surface area contributed by atoms with Crippen molar-refractivity contribution in [2.24, 2.45) is 0 Å². The second-order valence-corrected chi connectivity index (χ2v) is 15.3. The molecule has 1 aliphatic heterocycles. The number of hydrogen-bond donors (Lipinski definition) is 3. The van der Waals surface area contributed by atoms with Crippen LogP contribution in [0.5, 0.6) is 0 Å². The minimum absolute atomic E-state index is 0.0712. The van der Waals surface area contributed by atoms with E-state index in [-0.39, 0.29) is 24.0 Å². The molecule has 3 N–H and O–H groups in total. The van der Waals surface area contributed by atoms with Crippen LogP contribution in [-0.2, 0) is 33.8 Å². The molecule has 1 aliphatic rings. The van der Waals surface area contributed by atoms with Crippen molar-refractivity contribution in [1.29, 1.82) is 0 Å². The number of esters is 1. The van der Waals surface area contributed by atoms with Gasteiger partial charge in [-0.2, -0.15) is 0 Å². The summed E-state index contributed by atoms with van der Waals surface area (Å²) in [5.74, 6) is -1.54. The van der Waals surface area contributed by atoms with Crippen LogP contribution >= 0.6 is 23.1 Å². The molecule has 0 saturated carbocycles. The van der Waals surface area contributed by atoms with Crippen molar-refractivity contribution in [2.75, 3.05) is 29.5 Å². The van der Waals surface area contributed by atoms with Crippen LogP contribution in [0.25, 0.3) is 16.8 Å². The number of benzene rings is 5. The Morgan fingerprint density at radius 1 is 0.839 bits per heavy atom. The van der Waals surface area contributed by atoms with E-state index < -0.39 is 17.8 Å². The molecule has 9 nitrogen and oxygen atoms in total. The van der Waals surface area contributed by atoms with Crippen molar-refractivity contribution in [3.63, 3.8) is 0 Å². The number of carbonyl (C=O) groups is 4. The Kier molecular flexibility index (Phi) is 12.4. The van der Waals surface area contributed by atoms with Gasteiger partial charge in [-0.05, 0) is 77.2 Å². The van der Waals surface area contributed by atoms with Gasteiger partial charge in [0.15, 0.2) is 0 Å². The Bertz CT molecular complexity index is 2410. The van der Waals surface area contributed by atoms with Gasteiger partial charge in [0, 0.05) is 40.7 Å². The fraction of sp³-hybridized carbons (Fsp3) is 0.156. The number of fused-ring (bicyclic) bond motifs is 2. The lowest BCUT2D eigenvalue weighted by Crippen LogP contribution is -2.30. The Balaban J connectivity index is 1.04. The molecule has 0 radical (unpaired) electrons. The third-order valence-electron chi connectivity index (χ3n) is 9.23. The van der Waals surface area contributed by atoms with E-state index in [1.807, 2.05) is 72.8 Å². The largest absolute Gasteiger partial charge is 0.462 e. The first-order valence-electron chi connectivity index (χ1n) is 18.3. The number of hydrogen-bond acceptors (Lipinski definition) is 8. The van der Waals surface area contributed by atoms with Crippen molar-refractivity contribution in [2.45, 2.75) is 31.3 Å². The summed E-state index contributed by atoms with van der Waals surface area (Å²) in [6.45, 7) is 4.28. The molecule has 5 aromatic carbocycles. The smallest absolute Gasteiger partial charge is 0.341 e. The molecule has 0 bridgehead atoms. The van der Waals surface area contributed by atoms with Gasteiger partial charge in [-0.15, -0.1) is 23.1 Å². The molecule has 0 aliphatic carbocycles. The molecule has 7 rings (SSSR count). The van der Waals surface area contributed by atoms with E-state index >= 15 is 0 Å². The lowest BCUT2D eigenvalue weighted by molar-refractivity contribution is -0.114. The highest BCUT2D eigenvalue weighted by atomic mass is 32.2. The molecule has 56 heavy (non-hydrogen) atoms. The Morgan fingerprint density at radius 2 is 1.57 bits per heavy atom. The summed E-state index contributed by atoms with van der Waals surface area (Å²) in [5.41, 5.74) is 4.38. The second kappa shape index (κ2) is 18.1. The molecule has 6 aromatic rings.